The van der Waals surface area contributed by atoms with E-state index in [-0.39, 0.29) is 30.5 Å². The second-order valence-electron chi connectivity index (χ2n) is 7.45. The summed E-state index contributed by atoms with van der Waals surface area (Å²) in [5, 5.41) is 0. The molecule has 29 heavy (non-hydrogen) atoms. The number of cyclic esters (lactones) is 1. The van der Waals surface area contributed by atoms with Crippen molar-refractivity contribution in [3.8, 4) is 28.7 Å². The molecule has 0 aromatic heterocycles. The molecule has 0 unspecified atom stereocenters. The Balaban J connectivity index is 1.70. The van der Waals surface area contributed by atoms with Crippen molar-refractivity contribution in [3.05, 3.63) is 41.0 Å². The molecular formula is C22H22O7. The molecular weight excluding hydrogens is 376 g/mol. The maximum absolute atomic E-state index is 12.4. The largest absolute Gasteiger partial charge is 0.493 e. The van der Waals surface area contributed by atoms with E-state index in [0.29, 0.717) is 30.3 Å². The van der Waals surface area contributed by atoms with Crippen LogP contribution in [0.1, 0.15) is 22.6 Å². The number of carbonyl (C=O) groups is 1. The van der Waals surface area contributed by atoms with Gasteiger partial charge in [0.25, 0.3) is 0 Å². The van der Waals surface area contributed by atoms with Crippen LogP contribution in [-0.2, 0) is 16.0 Å². The van der Waals surface area contributed by atoms with Crippen molar-refractivity contribution in [1.82, 2.24) is 0 Å². The van der Waals surface area contributed by atoms with E-state index in [1.165, 1.54) is 0 Å². The van der Waals surface area contributed by atoms with Crippen molar-refractivity contribution in [3.63, 3.8) is 0 Å². The van der Waals surface area contributed by atoms with Crippen molar-refractivity contribution >= 4 is 5.97 Å². The standard InChI is InChI=1S/C22H22O7/c1-24-18-6-12(7-19(25-2)21(18)26-3)20-13-8-17-16(28-10-29-17)5-11(13)4-14-15(20)9-27-22(14)23/h5-8,14-15,20H,4,9-10H2,1-3H3/t14-,15-,20-/m1/s1. The molecule has 0 N–H and O–H groups in total. The van der Waals surface area contributed by atoms with E-state index in [9.17, 15) is 4.79 Å². The van der Waals surface area contributed by atoms with Crippen molar-refractivity contribution in [1.29, 1.82) is 0 Å². The molecule has 2 heterocycles. The number of methoxy groups -OCH3 is 3. The van der Waals surface area contributed by atoms with Gasteiger partial charge in [-0.1, -0.05) is 0 Å². The molecule has 2 aliphatic heterocycles. The predicted molar refractivity (Wildman–Crippen MR) is 102 cm³/mol. The molecule has 0 bridgehead atoms. The minimum Gasteiger partial charge on any atom is -0.493 e. The summed E-state index contributed by atoms with van der Waals surface area (Å²) in [6.45, 7) is 0.598. The second kappa shape index (κ2) is 6.76. The third-order valence-electron chi connectivity index (χ3n) is 6.12. The molecule has 0 radical (unpaired) electrons. The summed E-state index contributed by atoms with van der Waals surface area (Å²) >= 11 is 0. The van der Waals surface area contributed by atoms with Gasteiger partial charge in [0.15, 0.2) is 23.0 Å². The Morgan fingerprint density at radius 2 is 1.59 bits per heavy atom. The lowest BCUT2D eigenvalue weighted by Gasteiger charge is -2.34. The van der Waals surface area contributed by atoms with Gasteiger partial charge in [0.1, 0.15) is 0 Å². The van der Waals surface area contributed by atoms with E-state index in [0.717, 1.165) is 28.2 Å². The summed E-state index contributed by atoms with van der Waals surface area (Å²) in [5.41, 5.74) is 3.17. The number of esters is 1. The van der Waals surface area contributed by atoms with Gasteiger partial charge in [0.2, 0.25) is 12.5 Å². The molecule has 7 heteroatoms. The van der Waals surface area contributed by atoms with Gasteiger partial charge >= 0.3 is 5.97 Å². The summed E-state index contributed by atoms with van der Waals surface area (Å²) in [5.74, 6) is 2.77. The number of rotatable bonds is 4. The maximum Gasteiger partial charge on any atom is 0.309 e. The first-order valence-corrected chi connectivity index (χ1v) is 9.53. The fourth-order valence-electron chi connectivity index (χ4n) is 4.78. The molecule has 0 spiro atoms. The number of fused-ring (bicyclic) bond motifs is 3. The van der Waals surface area contributed by atoms with Crippen LogP contribution in [0.2, 0.25) is 0 Å². The molecule has 2 aromatic rings. The van der Waals surface area contributed by atoms with E-state index < -0.39 is 0 Å². The van der Waals surface area contributed by atoms with Gasteiger partial charge in [-0.3, -0.25) is 4.79 Å². The molecule has 5 rings (SSSR count). The second-order valence-corrected chi connectivity index (χ2v) is 7.45. The Bertz CT molecular complexity index is 958. The smallest absolute Gasteiger partial charge is 0.309 e. The third kappa shape index (κ3) is 2.68. The number of hydrogen-bond donors (Lipinski definition) is 0. The van der Waals surface area contributed by atoms with Gasteiger partial charge in [-0.2, -0.15) is 0 Å². The molecule has 152 valence electrons. The lowest BCUT2D eigenvalue weighted by Crippen LogP contribution is -2.31. The molecule has 1 saturated heterocycles. The zero-order valence-electron chi connectivity index (χ0n) is 16.5. The summed E-state index contributed by atoms with van der Waals surface area (Å²) in [4.78, 5) is 12.4. The molecule has 7 nitrogen and oxygen atoms in total. The Morgan fingerprint density at radius 1 is 0.897 bits per heavy atom. The molecule has 1 aliphatic carbocycles. The highest BCUT2D eigenvalue weighted by atomic mass is 16.7. The average molecular weight is 398 g/mol. The highest BCUT2D eigenvalue weighted by Gasteiger charge is 2.47. The van der Waals surface area contributed by atoms with Gasteiger partial charge in [-0.15, -0.1) is 0 Å². The van der Waals surface area contributed by atoms with Gasteiger partial charge < -0.3 is 28.4 Å². The van der Waals surface area contributed by atoms with Crippen LogP contribution in [0.15, 0.2) is 24.3 Å². The van der Waals surface area contributed by atoms with Gasteiger partial charge in [0.05, 0.1) is 33.9 Å². The zero-order chi connectivity index (χ0) is 20.1. The minimum atomic E-state index is -0.188. The minimum absolute atomic E-state index is 0.0261. The Morgan fingerprint density at radius 3 is 2.24 bits per heavy atom. The molecule has 3 aliphatic rings. The van der Waals surface area contributed by atoms with E-state index in [4.69, 9.17) is 28.4 Å². The van der Waals surface area contributed by atoms with E-state index >= 15 is 0 Å². The third-order valence-corrected chi connectivity index (χ3v) is 6.12. The quantitative estimate of drug-likeness (QED) is 0.733. The number of hydrogen-bond acceptors (Lipinski definition) is 7. The highest BCUT2D eigenvalue weighted by molar-refractivity contribution is 5.77. The van der Waals surface area contributed by atoms with Crippen LogP contribution in [-0.4, -0.2) is 40.7 Å². The maximum atomic E-state index is 12.4. The summed E-state index contributed by atoms with van der Waals surface area (Å²) < 4.78 is 33.2. The van der Waals surface area contributed by atoms with Crippen molar-refractivity contribution in [2.75, 3.05) is 34.7 Å². The normalized spacial score (nSPS) is 23.8. The van der Waals surface area contributed by atoms with Crippen LogP contribution >= 0.6 is 0 Å². The molecule has 0 saturated carbocycles. The number of ether oxygens (including phenoxy) is 6. The van der Waals surface area contributed by atoms with Crippen LogP contribution in [0, 0.1) is 11.8 Å². The molecule has 1 fully saturated rings. The van der Waals surface area contributed by atoms with E-state index in [2.05, 4.69) is 0 Å². The summed E-state index contributed by atoms with van der Waals surface area (Å²) in [7, 11) is 4.77. The molecule has 2 aromatic carbocycles. The fourth-order valence-corrected chi connectivity index (χ4v) is 4.78. The van der Waals surface area contributed by atoms with Gasteiger partial charge in [0, 0.05) is 11.8 Å². The topological polar surface area (TPSA) is 72.5 Å². The average Bonchev–Trinajstić information content (AvgIpc) is 3.35. The Hall–Kier alpha value is -3.09. The lowest BCUT2D eigenvalue weighted by atomic mass is 9.67. The van der Waals surface area contributed by atoms with Crippen molar-refractivity contribution in [2.45, 2.75) is 12.3 Å². The van der Waals surface area contributed by atoms with Crippen LogP contribution in [0.3, 0.4) is 0 Å². The highest BCUT2D eigenvalue weighted by Crippen LogP contribution is 2.52. The van der Waals surface area contributed by atoms with Crippen LogP contribution in [0.5, 0.6) is 28.7 Å². The van der Waals surface area contributed by atoms with E-state index in [1.807, 2.05) is 24.3 Å². The zero-order valence-corrected chi connectivity index (χ0v) is 16.5. The Labute approximate surface area is 168 Å². The number of carbonyl (C=O) groups excluding carboxylic acids is 1. The lowest BCUT2D eigenvalue weighted by molar-refractivity contribution is -0.141. The van der Waals surface area contributed by atoms with Crippen LogP contribution in [0.25, 0.3) is 0 Å². The molecule has 3 atom stereocenters. The van der Waals surface area contributed by atoms with Crippen molar-refractivity contribution < 1.29 is 33.2 Å². The first-order valence-electron chi connectivity index (χ1n) is 9.53. The fraction of sp³-hybridized carbons (Fsp3) is 0.409. The first-order chi connectivity index (χ1) is 14.1. The predicted octanol–water partition coefficient (Wildman–Crippen LogP) is 2.92. The SMILES string of the molecule is COc1cc([C@@H]2c3cc4c(cc3C[C@H]3C(=O)OC[C@@H]23)OCO4)cc(OC)c1OC. The van der Waals surface area contributed by atoms with Gasteiger partial charge in [-0.25, -0.2) is 0 Å². The van der Waals surface area contributed by atoms with Crippen LogP contribution < -0.4 is 23.7 Å². The molecule has 0 amide bonds. The summed E-state index contributed by atoms with van der Waals surface area (Å²) in [6.07, 6.45) is 0.635. The summed E-state index contributed by atoms with van der Waals surface area (Å²) in [6, 6.07) is 7.92. The van der Waals surface area contributed by atoms with Crippen molar-refractivity contribution in [2.24, 2.45) is 11.8 Å². The van der Waals surface area contributed by atoms with Crippen LogP contribution in [0.4, 0.5) is 0 Å². The Kier molecular flexibility index (Phi) is 4.19. The first kappa shape index (κ1) is 18.0. The monoisotopic (exact) mass is 398 g/mol. The van der Waals surface area contributed by atoms with Gasteiger partial charge in [-0.05, 0) is 47.4 Å². The van der Waals surface area contributed by atoms with E-state index in [1.54, 1.807) is 21.3 Å². The number of benzene rings is 2.